The van der Waals surface area contributed by atoms with Gasteiger partial charge in [-0.1, -0.05) is 38.1 Å². The summed E-state index contributed by atoms with van der Waals surface area (Å²) in [6, 6.07) is 17.7. The van der Waals surface area contributed by atoms with Crippen LogP contribution < -0.4 is 0 Å². The zero-order valence-corrected chi connectivity index (χ0v) is 11.2. The monoisotopic (exact) mass is 248 g/mol. The second kappa shape index (κ2) is 5.97. The summed E-state index contributed by atoms with van der Waals surface area (Å²) < 4.78 is 0. The maximum absolute atomic E-state index is 8.72. The Labute approximate surface area is 114 Å². The molecule has 0 spiro atoms. The molecule has 0 saturated heterocycles. The van der Waals surface area contributed by atoms with E-state index in [9.17, 15) is 0 Å². The van der Waals surface area contributed by atoms with E-state index in [2.05, 4.69) is 37.0 Å². The molecule has 0 atom stereocenters. The lowest BCUT2D eigenvalue weighted by atomic mass is 10.0. The average molecular weight is 248 g/mol. The Morgan fingerprint density at radius 2 is 1.63 bits per heavy atom. The summed E-state index contributed by atoms with van der Waals surface area (Å²) >= 11 is 0. The molecule has 94 valence electrons. The van der Waals surface area contributed by atoms with E-state index < -0.39 is 0 Å². The lowest BCUT2D eigenvalue weighted by Crippen LogP contribution is -1.85. The fourth-order valence-corrected chi connectivity index (χ4v) is 1.74. The van der Waals surface area contributed by atoms with Gasteiger partial charge in [0.1, 0.15) is 0 Å². The van der Waals surface area contributed by atoms with Gasteiger partial charge < -0.3 is 0 Å². The summed E-state index contributed by atoms with van der Waals surface area (Å²) in [6.07, 6.45) is 1.81. The molecule has 2 heteroatoms. The van der Waals surface area contributed by atoms with Crippen LogP contribution >= 0.6 is 0 Å². The van der Waals surface area contributed by atoms with Crippen molar-refractivity contribution in [2.45, 2.75) is 19.8 Å². The van der Waals surface area contributed by atoms with Crippen molar-refractivity contribution in [3.63, 3.8) is 0 Å². The van der Waals surface area contributed by atoms with Gasteiger partial charge in [0.05, 0.1) is 17.3 Å². The van der Waals surface area contributed by atoms with E-state index in [-0.39, 0.29) is 0 Å². The molecule has 0 aromatic heterocycles. The zero-order valence-electron chi connectivity index (χ0n) is 11.2. The summed E-state index contributed by atoms with van der Waals surface area (Å²) in [6.45, 7) is 4.35. The van der Waals surface area contributed by atoms with Gasteiger partial charge in [0.2, 0.25) is 0 Å². The second-order valence-electron chi connectivity index (χ2n) is 4.74. The summed E-state index contributed by atoms with van der Waals surface area (Å²) in [7, 11) is 0. The van der Waals surface area contributed by atoms with Crippen LogP contribution in [0.25, 0.3) is 0 Å². The van der Waals surface area contributed by atoms with Crippen LogP contribution in [0.15, 0.2) is 53.5 Å². The van der Waals surface area contributed by atoms with Crippen molar-refractivity contribution in [1.82, 2.24) is 0 Å². The minimum absolute atomic E-state index is 0.538. The van der Waals surface area contributed by atoms with E-state index in [1.165, 1.54) is 5.56 Å². The molecule has 2 aromatic carbocycles. The van der Waals surface area contributed by atoms with E-state index >= 15 is 0 Å². The Hall–Kier alpha value is -2.40. The van der Waals surface area contributed by atoms with Crippen LogP contribution in [0.2, 0.25) is 0 Å². The Morgan fingerprint density at radius 3 is 2.16 bits per heavy atom. The Balaban J connectivity index is 2.11. The molecule has 0 saturated carbocycles. The zero-order chi connectivity index (χ0) is 13.7. The lowest BCUT2D eigenvalue weighted by Gasteiger charge is -2.04. The number of hydrogen-bond acceptors (Lipinski definition) is 2. The molecular formula is C17H16N2. The van der Waals surface area contributed by atoms with Crippen LogP contribution in [0.3, 0.4) is 0 Å². The van der Waals surface area contributed by atoms with Crippen molar-refractivity contribution in [3.8, 4) is 6.07 Å². The Kier molecular flexibility index (Phi) is 4.10. The highest BCUT2D eigenvalue weighted by Crippen LogP contribution is 2.18. The highest BCUT2D eigenvalue weighted by Gasteiger charge is 1.97. The first-order valence-corrected chi connectivity index (χ1v) is 6.33. The van der Waals surface area contributed by atoms with Gasteiger partial charge in [-0.05, 0) is 41.3 Å². The van der Waals surface area contributed by atoms with Gasteiger partial charge >= 0.3 is 0 Å². The van der Waals surface area contributed by atoms with E-state index in [0.29, 0.717) is 11.5 Å². The lowest BCUT2D eigenvalue weighted by molar-refractivity contribution is 0.867. The molecule has 0 radical (unpaired) electrons. The van der Waals surface area contributed by atoms with Crippen LogP contribution in [-0.4, -0.2) is 6.21 Å². The normalized spacial score (nSPS) is 10.8. The topological polar surface area (TPSA) is 36.1 Å². The molecule has 2 aromatic rings. The van der Waals surface area contributed by atoms with Gasteiger partial charge in [0, 0.05) is 6.21 Å². The third-order valence-electron chi connectivity index (χ3n) is 2.96. The SMILES string of the molecule is CC(C)c1ccc(N=Cc2ccc(C#N)cc2)cc1. The molecule has 0 fully saturated rings. The van der Waals surface area contributed by atoms with Crippen LogP contribution in [-0.2, 0) is 0 Å². The smallest absolute Gasteiger partial charge is 0.0991 e. The number of rotatable bonds is 3. The number of nitrogens with zero attached hydrogens (tertiary/aromatic N) is 2. The third-order valence-corrected chi connectivity index (χ3v) is 2.96. The number of hydrogen-bond donors (Lipinski definition) is 0. The molecule has 0 amide bonds. The predicted octanol–water partition coefficient (Wildman–Crippen LogP) is 4.43. The molecule has 19 heavy (non-hydrogen) atoms. The van der Waals surface area contributed by atoms with E-state index in [1.807, 2.05) is 30.5 Å². The van der Waals surface area contributed by atoms with Crippen LogP contribution in [0.4, 0.5) is 5.69 Å². The summed E-state index contributed by atoms with van der Waals surface area (Å²) in [4.78, 5) is 4.42. The first-order chi connectivity index (χ1) is 9.19. The maximum atomic E-state index is 8.72. The fraction of sp³-hybridized carbons (Fsp3) is 0.176. The number of nitriles is 1. The van der Waals surface area contributed by atoms with E-state index in [4.69, 9.17) is 5.26 Å². The van der Waals surface area contributed by atoms with Crippen molar-refractivity contribution in [1.29, 1.82) is 5.26 Å². The van der Waals surface area contributed by atoms with Gasteiger partial charge in [-0.2, -0.15) is 5.26 Å². The van der Waals surface area contributed by atoms with Crippen molar-refractivity contribution in [2.24, 2.45) is 4.99 Å². The third kappa shape index (κ3) is 3.53. The largest absolute Gasteiger partial charge is 0.256 e. The molecule has 0 aliphatic carbocycles. The summed E-state index contributed by atoms with van der Waals surface area (Å²) in [5.41, 5.74) is 3.91. The standard InChI is InChI=1S/C17H16N2/c1-13(2)16-7-9-17(10-8-16)19-12-15-5-3-14(11-18)4-6-15/h3-10,12-13H,1-2H3. The van der Waals surface area contributed by atoms with Crippen molar-refractivity contribution < 1.29 is 0 Å². The molecule has 0 aliphatic rings. The minimum Gasteiger partial charge on any atom is -0.256 e. The van der Waals surface area contributed by atoms with Gasteiger partial charge in [-0.3, -0.25) is 4.99 Å². The van der Waals surface area contributed by atoms with Gasteiger partial charge in [0.15, 0.2) is 0 Å². The molecule has 0 N–H and O–H groups in total. The Bertz CT molecular complexity index is 599. The predicted molar refractivity (Wildman–Crippen MR) is 78.9 cm³/mol. The maximum Gasteiger partial charge on any atom is 0.0991 e. The van der Waals surface area contributed by atoms with Crippen LogP contribution in [0, 0.1) is 11.3 Å². The molecular weight excluding hydrogens is 232 g/mol. The minimum atomic E-state index is 0.538. The molecule has 0 bridgehead atoms. The number of benzene rings is 2. The molecule has 2 nitrogen and oxygen atoms in total. The Morgan fingerprint density at radius 1 is 1.00 bits per heavy atom. The van der Waals surface area contributed by atoms with Crippen molar-refractivity contribution >= 4 is 11.9 Å². The van der Waals surface area contributed by atoms with Gasteiger partial charge in [-0.25, -0.2) is 0 Å². The first kappa shape index (κ1) is 13.0. The van der Waals surface area contributed by atoms with Crippen LogP contribution in [0.1, 0.15) is 36.5 Å². The average Bonchev–Trinajstić information content (AvgIpc) is 2.46. The first-order valence-electron chi connectivity index (χ1n) is 6.33. The second-order valence-corrected chi connectivity index (χ2v) is 4.74. The fourth-order valence-electron chi connectivity index (χ4n) is 1.74. The molecule has 0 aliphatic heterocycles. The molecule has 0 heterocycles. The van der Waals surface area contributed by atoms with E-state index in [1.54, 1.807) is 12.1 Å². The van der Waals surface area contributed by atoms with Crippen molar-refractivity contribution in [3.05, 3.63) is 65.2 Å². The quantitative estimate of drug-likeness (QED) is 0.740. The van der Waals surface area contributed by atoms with Crippen LogP contribution in [0.5, 0.6) is 0 Å². The van der Waals surface area contributed by atoms with Gasteiger partial charge in [0.25, 0.3) is 0 Å². The number of aliphatic imine (C=N–C) groups is 1. The van der Waals surface area contributed by atoms with Gasteiger partial charge in [-0.15, -0.1) is 0 Å². The van der Waals surface area contributed by atoms with E-state index in [0.717, 1.165) is 11.3 Å². The summed E-state index contributed by atoms with van der Waals surface area (Å²) in [5.74, 6) is 0.538. The van der Waals surface area contributed by atoms with Crippen molar-refractivity contribution in [2.75, 3.05) is 0 Å². The molecule has 2 rings (SSSR count). The molecule has 0 unspecified atom stereocenters. The summed E-state index contributed by atoms with van der Waals surface area (Å²) in [5, 5.41) is 8.72. The highest BCUT2D eigenvalue weighted by molar-refractivity contribution is 5.82. The highest BCUT2D eigenvalue weighted by atomic mass is 14.7.